The van der Waals surface area contributed by atoms with E-state index in [1.807, 2.05) is 0 Å². The van der Waals surface area contributed by atoms with E-state index in [4.69, 9.17) is 17.4 Å². The van der Waals surface area contributed by atoms with Gasteiger partial charge >= 0.3 is 6.09 Å². The number of nitrogens with one attached hydrogen (secondary N) is 1. The summed E-state index contributed by atoms with van der Waals surface area (Å²) in [5, 5.41) is 32.9. The average molecular weight is 475 g/mol. The van der Waals surface area contributed by atoms with Crippen molar-refractivity contribution >= 4 is 27.5 Å². The number of rotatable bonds is 10. The molecular formula is C21H27N3O7S. The van der Waals surface area contributed by atoms with E-state index in [2.05, 4.69) is 5.32 Å². The number of hydrogen-bond acceptors (Lipinski definition) is 6. The van der Waals surface area contributed by atoms with Crippen LogP contribution in [-0.4, -0.2) is 42.2 Å². The molecular weight excluding hydrogens is 438 g/mol. The molecule has 1 atom stereocenters. The number of sulfonamides is 1. The van der Waals surface area contributed by atoms with Gasteiger partial charge in [-0.3, -0.25) is 14.4 Å². The first-order valence-corrected chi connectivity index (χ1v) is 10.5. The van der Waals surface area contributed by atoms with Gasteiger partial charge in [0.15, 0.2) is 0 Å². The van der Waals surface area contributed by atoms with Crippen LogP contribution in [0, 0.1) is 16.0 Å². The second-order valence-electron chi connectivity index (χ2n) is 6.72. The number of benzene rings is 2. The van der Waals surface area contributed by atoms with Crippen molar-refractivity contribution < 1.29 is 40.7 Å². The highest BCUT2D eigenvalue weighted by atomic mass is 32.2. The Morgan fingerprint density at radius 2 is 1.97 bits per heavy atom. The van der Waals surface area contributed by atoms with Crippen LogP contribution >= 0.6 is 0 Å². The van der Waals surface area contributed by atoms with Crippen molar-refractivity contribution in [3.05, 3.63) is 58.1 Å². The van der Waals surface area contributed by atoms with Crippen LogP contribution in [0.25, 0.3) is 0 Å². The molecule has 10 nitrogen and oxygen atoms in total. The molecule has 2 rings (SSSR count). The summed E-state index contributed by atoms with van der Waals surface area (Å²) < 4.78 is 99.1. The number of aryl methyl sites for hydroxylation is 1. The molecule has 0 aliphatic heterocycles. The lowest BCUT2D eigenvalue weighted by atomic mass is 10.1. The number of aromatic hydroxyl groups is 1. The molecule has 32 heavy (non-hydrogen) atoms. The maximum Gasteiger partial charge on any atom is 0.404 e. The second-order valence-corrected chi connectivity index (χ2v) is 8.51. The van der Waals surface area contributed by atoms with E-state index in [1.165, 1.54) is 6.07 Å². The molecule has 0 aromatic heterocycles. The largest absolute Gasteiger partial charge is 0.506 e. The summed E-state index contributed by atoms with van der Waals surface area (Å²) in [4.78, 5) is 20.1. The minimum Gasteiger partial charge on any atom is -0.506 e. The number of phenolic OH excluding ortho intramolecular Hbond substituents is 1. The molecule has 0 saturated heterocycles. The molecule has 0 fully saturated rings. The van der Waals surface area contributed by atoms with E-state index >= 15 is 0 Å². The molecule has 2 aromatic rings. The topological polar surface area (TPSA) is 150 Å². The van der Waals surface area contributed by atoms with Crippen LogP contribution in [0.15, 0.2) is 47.4 Å². The number of phenols is 1. The van der Waals surface area contributed by atoms with Crippen LogP contribution in [-0.2, 0) is 16.4 Å². The minimum atomic E-state index is -5.35. The molecule has 3 N–H and O–H groups in total. The maximum atomic E-state index is 13.8. The Hall–Kier alpha value is -3.34. The fraction of sp³-hybridized carbons (Fsp3) is 0.381. The zero-order valence-corrected chi connectivity index (χ0v) is 17.6. The Balaban J connectivity index is 2.80. The zero-order valence-electron chi connectivity index (χ0n) is 25.8. The normalized spacial score (nSPS) is 18.1. The van der Waals surface area contributed by atoms with Gasteiger partial charge in [-0.25, -0.2) is 13.2 Å². The van der Waals surface area contributed by atoms with Gasteiger partial charge in [0.1, 0.15) is 5.75 Å². The molecule has 11 heteroatoms. The van der Waals surface area contributed by atoms with E-state index in [0.29, 0.717) is 17.7 Å². The van der Waals surface area contributed by atoms with Crippen molar-refractivity contribution in [2.24, 2.45) is 5.89 Å². The van der Waals surface area contributed by atoms with Crippen LogP contribution in [0.2, 0.25) is 0 Å². The fourth-order valence-electron chi connectivity index (χ4n) is 2.76. The van der Waals surface area contributed by atoms with E-state index in [1.54, 1.807) is 6.92 Å². The van der Waals surface area contributed by atoms with Gasteiger partial charge in [0, 0.05) is 34.3 Å². The molecule has 2 aromatic carbocycles. The van der Waals surface area contributed by atoms with E-state index in [9.17, 15) is 28.4 Å². The lowest BCUT2D eigenvalue weighted by Gasteiger charge is -2.27. The van der Waals surface area contributed by atoms with Crippen LogP contribution < -0.4 is 9.62 Å². The number of nitrogens with zero attached hydrogens (tertiary/aromatic N) is 2. The van der Waals surface area contributed by atoms with Gasteiger partial charge in [0.25, 0.3) is 15.7 Å². The molecule has 0 saturated carbocycles. The molecule has 1 unspecified atom stereocenters. The van der Waals surface area contributed by atoms with Crippen molar-refractivity contribution in [2.45, 2.75) is 44.4 Å². The molecule has 0 aliphatic carbocycles. The van der Waals surface area contributed by atoms with Gasteiger partial charge in [-0.05, 0) is 55.5 Å². The third kappa shape index (κ3) is 6.33. The minimum absolute atomic E-state index is 0.143. The van der Waals surface area contributed by atoms with Crippen LogP contribution in [0.4, 0.5) is 16.2 Å². The maximum absolute atomic E-state index is 13.8. The summed E-state index contributed by atoms with van der Waals surface area (Å²) in [7, 11) is -5.35. The summed E-state index contributed by atoms with van der Waals surface area (Å²) in [6, 6.07) is 5.49. The highest BCUT2D eigenvalue weighted by Gasteiger charge is 2.28. The lowest BCUT2D eigenvalue weighted by Crippen LogP contribution is -2.34. The molecule has 0 bridgehead atoms. The van der Waals surface area contributed by atoms with E-state index in [-0.39, 0.29) is 17.1 Å². The van der Waals surface area contributed by atoms with Crippen LogP contribution in [0.5, 0.6) is 5.75 Å². The SMILES string of the molecule is [2H]C([2H])([2H])C([2H])(C([2H])([2H])[2H])C([2H])([2H])N(c1ccc(CCC(C)NC(=O)O)cc1O)S(=O)(=O)c1ccc([N+](=O)[O-])cc1. The summed E-state index contributed by atoms with van der Waals surface area (Å²) >= 11 is 0. The molecule has 0 spiro atoms. The number of nitro groups is 1. The highest BCUT2D eigenvalue weighted by Crippen LogP contribution is 2.34. The van der Waals surface area contributed by atoms with Gasteiger partial charge in [-0.1, -0.05) is 19.8 Å². The summed E-state index contributed by atoms with van der Waals surface area (Å²) in [5.41, 5.74) is -1.14. The van der Waals surface area contributed by atoms with Crippen molar-refractivity contribution in [3.63, 3.8) is 0 Å². The lowest BCUT2D eigenvalue weighted by molar-refractivity contribution is -0.384. The second kappa shape index (κ2) is 10.3. The van der Waals surface area contributed by atoms with Gasteiger partial charge in [-0.2, -0.15) is 0 Å². The third-order valence-electron chi connectivity index (χ3n) is 4.29. The first-order chi connectivity index (χ1) is 18.5. The fourth-order valence-corrected chi connectivity index (χ4v) is 4.07. The Morgan fingerprint density at radius 3 is 2.50 bits per heavy atom. The Kier molecular flexibility index (Phi) is 4.73. The predicted octanol–water partition coefficient (Wildman–Crippen LogP) is 3.74. The first kappa shape index (κ1) is 14.7. The van der Waals surface area contributed by atoms with E-state index < -0.39 is 75.2 Å². The quantitative estimate of drug-likeness (QED) is 0.350. The van der Waals surface area contributed by atoms with Crippen molar-refractivity contribution in [1.82, 2.24) is 5.32 Å². The van der Waals surface area contributed by atoms with Gasteiger partial charge in [-0.15, -0.1) is 0 Å². The number of non-ortho nitro benzene ring substituents is 1. The van der Waals surface area contributed by atoms with E-state index in [0.717, 1.165) is 24.3 Å². The monoisotopic (exact) mass is 474 g/mol. The highest BCUT2D eigenvalue weighted by molar-refractivity contribution is 7.92. The third-order valence-corrected chi connectivity index (χ3v) is 5.93. The summed E-state index contributed by atoms with van der Waals surface area (Å²) in [6.07, 6.45) is -0.901. The van der Waals surface area contributed by atoms with Crippen LogP contribution in [0.1, 0.15) is 44.9 Å². The van der Waals surface area contributed by atoms with Crippen molar-refractivity contribution in [3.8, 4) is 5.75 Å². The zero-order chi connectivity index (χ0) is 31.8. The number of anilines is 1. The molecule has 0 aliphatic rings. The Morgan fingerprint density at radius 1 is 1.31 bits per heavy atom. The summed E-state index contributed by atoms with van der Waals surface area (Å²) in [6.45, 7) is -10.4. The summed E-state index contributed by atoms with van der Waals surface area (Å²) in [5.74, 6) is -5.04. The number of carboxylic acid groups (broad SMARTS) is 1. The number of hydrogen-bond donors (Lipinski definition) is 3. The molecule has 0 radical (unpaired) electrons. The van der Waals surface area contributed by atoms with Crippen molar-refractivity contribution in [2.75, 3.05) is 10.8 Å². The number of nitro benzene ring substituents is 1. The van der Waals surface area contributed by atoms with Gasteiger partial charge < -0.3 is 15.5 Å². The van der Waals surface area contributed by atoms with Crippen LogP contribution in [0.3, 0.4) is 0 Å². The Bertz CT molecular complexity index is 1380. The number of amides is 1. The Labute approximate surface area is 199 Å². The average Bonchev–Trinajstić information content (AvgIpc) is 2.81. The number of carbonyl (C=O) groups is 1. The van der Waals surface area contributed by atoms with Crippen molar-refractivity contribution in [1.29, 1.82) is 0 Å². The molecule has 0 heterocycles. The smallest absolute Gasteiger partial charge is 0.404 e. The standard InChI is InChI=1S/C21H27N3O7S/c1-14(2)13-23(32(30,31)18-9-7-17(8-10-18)24(28)29)19-11-6-16(12-20(19)25)5-4-15(3)22-21(26)27/h6-12,14-15,22,25H,4-5,13H2,1-3H3,(H,26,27)/i1D3,2D3,13D2,14D. The first-order valence-electron chi connectivity index (χ1n) is 13.6. The van der Waals surface area contributed by atoms with Gasteiger partial charge in [0.05, 0.1) is 18.2 Å². The molecule has 1 amide bonds. The molecule has 174 valence electrons. The van der Waals surface area contributed by atoms with Gasteiger partial charge in [0.2, 0.25) is 0 Å². The predicted molar refractivity (Wildman–Crippen MR) is 120 cm³/mol.